The van der Waals surface area contributed by atoms with Crippen molar-refractivity contribution in [3.63, 3.8) is 0 Å². The molecule has 2 N–H and O–H groups in total. The van der Waals surface area contributed by atoms with Crippen molar-refractivity contribution in [2.24, 2.45) is 0 Å². The Morgan fingerprint density at radius 3 is 2.77 bits per heavy atom. The van der Waals surface area contributed by atoms with Crippen LogP contribution in [-0.4, -0.2) is 25.7 Å². The van der Waals surface area contributed by atoms with Crippen LogP contribution in [0.4, 0.5) is 0 Å². The van der Waals surface area contributed by atoms with Gasteiger partial charge in [-0.1, -0.05) is 29.8 Å². The molecule has 1 heterocycles. The molecule has 0 aliphatic rings. The summed E-state index contributed by atoms with van der Waals surface area (Å²) in [5.74, 6) is 1.83. The molecule has 3 rings (SSSR count). The number of quaternary nitrogens is 1. The molecule has 3 aromatic rings. The molecule has 5 heteroatoms. The first kappa shape index (κ1) is 18.4. The van der Waals surface area contributed by atoms with Gasteiger partial charge in [0.15, 0.2) is 0 Å². The molecule has 26 heavy (non-hydrogen) atoms. The molecule has 0 saturated heterocycles. The Hall–Kier alpha value is -2.37. The molecular formula is C21H25N2O2S+. The van der Waals surface area contributed by atoms with Crippen LogP contribution in [-0.2, 0) is 13.0 Å². The summed E-state index contributed by atoms with van der Waals surface area (Å²) in [6, 6.07) is 14.4. The van der Waals surface area contributed by atoms with Gasteiger partial charge in [0.1, 0.15) is 28.7 Å². The summed E-state index contributed by atoms with van der Waals surface area (Å²) in [5.41, 5.74) is 4.75. The maximum absolute atomic E-state index is 5.45. The predicted molar refractivity (Wildman–Crippen MR) is 106 cm³/mol. The lowest BCUT2D eigenvalue weighted by Crippen LogP contribution is -2.83. The minimum Gasteiger partial charge on any atom is -0.497 e. The molecule has 136 valence electrons. The van der Waals surface area contributed by atoms with Crippen molar-refractivity contribution in [3.05, 3.63) is 64.7 Å². The van der Waals surface area contributed by atoms with Gasteiger partial charge in [-0.15, -0.1) is 11.3 Å². The normalized spacial score (nSPS) is 10.7. The minimum atomic E-state index is 0.859. The quantitative estimate of drug-likeness (QED) is 0.619. The third kappa shape index (κ3) is 4.62. The van der Waals surface area contributed by atoms with Gasteiger partial charge in [-0.25, -0.2) is 4.98 Å². The van der Waals surface area contributed by atoms with Gasteiger partial charge >= 0.3 is 0 Å². The van der Waals surface area contributed by atoms with Crippen molar-refractivity contribution in [3.8, 4) is 22.1 Å². The summed E-state index contributed by atoms with van der Waals surface area (Å²) in [4.78, 5) is 4.76. The summed E-state index contributed by atoms with van der Waals surface area (Å²) >= 11 is 1.68. The Morgan fingerprint density at radius 2 is 1.96 bits per heavy atom. The Labute approximate surface area is 158 Å². The van der Waals surface area contributed by atoms with Crippen LogP contribution >= 0.6 is 11.3 Å². The molecule has 0 unspecified atom stereocenters. The Balaban J connectivity index is 1.55. The summed E-state index contributed by atoms with van der Waals surface area (Å²) in [5, 5.41) is 5.47. The number of aromatic nitrogens is 1. The maximum atomic E-state index is 5.45. The van der Waals surface area contributed by atoms with Crippen LogP contribution in [0.5, 0.6) is 11.5 Å². The van der Waals surface area contributed by atoms with Gasteiger partial charge in [0.2, 0.25) is 0 Å². The van der Waals surface area contributed by atoms with Crippen LogP contribution < -0.4 is 14.8 Å². The first-order chi connectivity index (χ1) is 12.7. The predicted octanol–water partition coefficient (Wildman–Crippen LogP) is 3.44. The van der Waals surface area contributed by atoms with Gasteiger partial charge in [-0.2, -0.15) is 0 Å². The van der Waals surface area contributed by atoms with Crippen LogP contribution in [0, 0.1) is 6.92 Å². The topological polar surface area (TPSA) is 48.0 Å². The lowest BCUT2D eigenvalue weighted by Gasteiger charge is -2.08. The second-order valence-electron chi connectivity index (χ2n) is 6.22. The van der Waals surface area contributed by atoms with Gasteiger partial charge in [-0.3, -0.25) is 0 Å². The number of thiazole rings is 1. The molecule has 0 aliphatic carbocycles. The first-order valence-electron chi connectivity index (χ1n) is 8.73. The Bertz CT molecular complexity index is 861. The van der Waals surface area contributed by atoms with Crippen LogP contribution in [0.1, 0.15) is 16.8 Å². The monoisotopic (exact) mass is 369 g/mol. The standard InChI is InChI=1S/C21H24N2O2S/c1-15-7-8-20(25-3)16(11-15)9-10-22-13-18-14-26-21(23-18)17-5-4-6-19(12-17)24-2/h4-8,11-12,14,22H,9-10,13H2,1-3H3/p+1. The molecule has 0 radical (unpaired) electrons. The molecule has 0 atom stereocenters. The zero-order valence-electron chi connectivity index (χ0n) is 15.5. The van der Waals surface area contributed by atoms with Crippen molar-refractivity contribution in [1.29, 1.82) is 0 Å². The first-order valence-corrected chi connectivity index (χ1v) is 9.61. The molecule has 0 amide bonds. The SMILES string of the molecule is COc1cccc(-c2nc(C[NH2+]CCc3cc(C)ccc3OC)cs2)c1. The Kier molecular flexibility index (Phi) is 6.26. The highest BCUT2D eigenvalue weighted by atomic mass is 32.1. The van der Waals surface area contributed by atoms with Gasteiger partial charge < -0.3 is 14.8 Å². The molecular weight excluding hydrogens is 344 g/mol. The average molecular weight is 370 g/mol. The third-order valence-corrected chi connectivity index (χ3v) is 5.22. The lowest BCUT2D eigenvalue weighted by molar-refractivity contribution is -0.670. The van der Waals surface area contributed by atoms with E-state index < -0.39 is 0 Å². The molecule has 0 aliphatic heterocycles. The van der Waals surface area contributed by atoms with E-state index in [4.69, 9.17) is 14.5 Å². The van der Waals surface area contributed by atoms with E-state index in [1.54, 1.807) is 25.6 Å². The van der Waals surface area contributed by atoms with E-state index in [-0.39, 0.29) is 0 Å². The van der Waals surface area contributed by atoms with Crippen molar-refractivity contribution in [2.45, 2.75) is 19.9 Å². The molecule has 0 spiro atoms. The van der Waals surface area contributed by atoms with Crippen LogP contribution in [0.3, 0.4) is 0 Å². The highest BCUT2D eigenvalue weighted by Gasteiger charge is 2.08. The summed E-state index contributed by atoms with van der Waals surface area (Å²) in [6.45, 7) is 4.00. The molecule has 2 aromatic carbocycles. The minimum absolute atomic E-state index is 0.859. The molecule has 4 nitrogen and oxygen atoms in total. The number of aryl methyl sites for hydroxylation is 1. The molecule has 0 fully saturated rings. The number of methoxy groups -OCH3 is 2. The van der Waals surface area contributed by atoms with Gasteiger partial charge in [0.25, 0.3) is 0 Å². The van der Waals surface area contributed by atoms with Crippen LogP contribution in [0.25, 0.3) is 10.6 Å². The van der Waals surface area contributed by atoms with Crippen molar-refractivity contribution in [2.75, 3.05) is 20.8 Å². The summed E-state index contributed by atoms with van der Waals surface area (Å²) < 4.78 is 10.7. The molecule has 0 saturated carbocycles. The third-order valence-electron chi connectivity index (χ3n) is 4.28. The highest BCUT2D eigenvalue weighted by molar-refractivity contribution is 7.13. The zero-order chi connectivity index (χ0) is 18.4. The number of ether oxygens (including phenoxy) is 2. The number of hydrogen-bond acceptors (Lipinski definition) is 4. The van der Waals surface area contributed by atoms with E-state index in [2.05, 4.69) is 35.8 Å². The summed E-state index contributed by atoms with van der Waals surface area (Å²) in [6.07, 6.45) is 0.984. The molecule has 0 bridgehead atoms. The van der Waals surface area contributed by atoms with E-state index in [9.17, 15) is 0 Å². The number of rotatable bonds is 8. The fraction of sp³-hybridized carbons (Fsp3) is 0.286. The van der Waals surface area contributed by atoms with E-state index in [1.807, 2.05) is 24.3 Å². The summed E-state index contributed by atoms with van der Waals surface area (Å²) in [7, 11) is 3.41. The fourth-order valence-electron chi connectivity index (χ4n) is 2.90. The smallest absolute Gasteiger partial charge is 0.124 e. The maximum Gasteiger partial charge on any atom is 0.124 e. The number of benzene rings is 2. The van der Waals surface area contributed by atoms with Crippen LogP contribution in [0.15, 0.2) is 47.8 Å². The van der Waals surface area contributed by atoms with Crippen LogP contribution in [0.2, 0.25) is 0 Å². The number of nitrogens with zero attached hydrogens (tertiary/aromatic N) is 1. The number of hydrogen-bond donors (Lipinski definition) is 1. The highest BCUT2D eigenvalue weighted by Crippen LogP contribution is 2.26. The van der Waals surface area contributed by atoms with Gasteiger partial charge in [0, 0.05) is 17.4 Å². The second-order valence-corrected chi connectivity index (χ2v) is 7.08. The van der Waals surface area contributed by atoms with Crippen molar-refractivity contribution < 1.29 is 14.8 Å². The largest absolute Gasteiger partial charge is 0.497 e. The average Bonchev–Trinajstić information content (AvgIpc) is 3.14. The Morgan fingerprint density at radius 1 is 1.08 bits per heavy atom. The fourth-order valence-corrected chi connectivity index (χ4v) is 3.73. The van der Waals surface area contributed by atoms with E-state index in [1.165, 1.54) is 11.1 Å². The van der Waals surface area contributed by atoms with E-state index in [0.29, 0.717) is 0 Å². The second kappa shape index (κ2) is 8.83. The van der Waals surface area contributed by atoms with E-state index >= 15 is 0 Å². The lowest BCUT2D eigenvalue weighted by atomic mass is 10.1. The zero-order valence-corrected chi connectivity index (χ0v) is 16.3. The van der Waals surface area contributed by atoms with Crippen molar-refractivity contribution >= 4 is 11.3 Å². The van der Waals surface area contributed by atoms with Gasteiger partial charge in [-0.05, 0) is 30.7 Å². The van der Waals surface area contributed by atoms with E-state index in [0.717, 1.165) is 47.3 Å². The van der Waals surface area contributed by atoms with Gasteiger partial charge in [0.05, 0.1) is 20.8 Å². The van der Waals surface area contributed by atoms with Crippen molar-refractivity contribution in [1.82, 2.24) is 4.98 Å². The molecule has 1 aromatic heterocycles. The number of nitrogens with two attached hydrogens (primary N) is 1.